The Bertz CT molecular complexity index is 611. The molecule has 0 unspecified atom stereocenters. The summed E-state index contributed by atoms with van der Waals surface area (Å²) in [6.45, 7) is 2.44. The molecule has 0 aliphatic carbocycles. The molecule has 0 bridgehead atoms. The van der Waals surface area contributed by atoms with Crippen LogP contribution in [-0.2, 0) is 6.54 Å². The number of benzene rings is 2. The second kappa shape index (κ2) is 5.89. The van der Waals surface area contributed by atoms with E-state index in [9.17, 15) is 9.90 Å². The van der Waals surface area contributed by atoms with Gasteiger partial charge in [0.05, 0.1) is 5.56 Å². The molecule has 1 amide bonds. The molecule has 0 spiro atoms. The van der Waals surface area contributed by atoms with E-state index in [0.717, 1.165) is 15.6 Å². The van der Waals surface area contributed by atoms with Crippen LogP contribution in [0.3, 0.4) is 0 Å². The lowest BCUT2D eigenvalue weighted by atomic mass is 10.1. The van der Waals surface area contributed by atoms with Gasteiger partial charge in [-0.3, -0.25) is 4.79 Å². The number of phenolic OH excluding ortho intramolecular Hbond substituents is 1. The number of rotatable bonds is 3. The van der Waals surface area contributed by atoms with Gasteiger partial charge in [0, 0.05) is 11.0 Å². The number of aryl methyl sites for hydroxylation is 1. The molecule has 0 fully saturated rings. The number of hydrogen-bond donors (Lipinski definition) is 2. The third kappa shape index (κ3) is 3.35. The van der Waals surface area contributed by atoms with Crippen molar-refractivity contribution in [2.45, 2.75) is 13.5 Å². The number of carbonyl (C=O) groups is 1. The lowest BCUT2D eigenvalue weighted by Gasteiger charge is -2.09. The lowest BCUT2D eigenvalue weighted by molar-refractivity contribution is 0.0948. The molecule has 2 aromatic carbocycles. The molecule has 0 saturated carbocycles. The van der Waals surface area contributed by atoms with E-state index in [-0.39, 0.29) is 17.2 Å². The third-order valence-electron chi connectivity index (χ3n) is 2.90. The highest BCUT2D eigenvalue weighted by Gasteiger charge is 2.11. The van der Waals surface area contributed by atoms with Gasteiger partial charge in [-0.1, -0.05) is 40.2 Å². The highest BCUT2D eigenvalue weighted by molar-refractivity contribution is 9.10. The fourth-order valence-electron chi connectivity index (χ4n) is 1.77. The Balaban J connectivity index is 2.10. The summed E-state index contributed by atoms with van der Waals surface area (Å²) in [6.07, 6.45) is 0. The molecule has 0 atom stereocenters. The first kappa shape index (κ1) is 13.6. The van der Waals surface area contributed by atoms with Gasteiger partial charge in [-0.15, -0.1) is 0 Å². The quantitative estimate of drug-likeness (QED) is 0.911. The molecular formula is C15H14BrNO2. The van der Waals surface area contributed by atoms with Crippen LogP contribution in [0.25, 0.3) is 0 Å². The lowest BCUT2D eigenvalue weighted by Crippen LogP contribution is -2.23. The Morgan fingerprint density at radius 1 is 1.26 bits per heavy atom. The highest BCUT2D eigenvalue weighted by Crippen LogP contribution is 2.21. The van der Waals surface area contributed by atoms with Crippen molar-refractivity contribution in [2.75, 3.05) is 0 Å². The minimum absolute atomic E-state index is 0.0227. The summed E-state index contributed by atoms with van der Waals surface area (Å²) in [4.78, 5) is 12.0. The van der Waals surface area contributed by atoms with E-state index < -0.39 is 0 Å². The van der Waals surface area contributed by atoms with Crippen LogP contribution in [0.2, 0.25) is 0 Å². The highest BCUT2D eigenvalue weighted by atomic mass is 79.9. The Morgan fingerprint density at radius 3 is 2.74 bits per heavy atom. The zero-order chi connectivity index (χ0) is 13.8. The molecule has 19 heavy (non-hydrogen) atoms. The first-order valence-corrected chi connectivity index (χ1v) is 6.68. The summed E-state index contributed by atoms with van der Waals surface area (Å²) >= 11 is 3.28. The number of hydrogen-bond acceptors (Lipinski definition) is 2. The normalized spacial score (nSPS) is 10.2. The van der Waals surface area contributed by atoms with Crippen LogP contribution in [0.1, 0.15) is 21.5 Å². The summed E-state index contributed by atoms with van der Waals surface area (Å²) in [5.74, 6) is -0.312. The maximum atomic E-state index is 12.0. The van der Waals surface area contributed by atoms with Gasteiger partial charge in [0.1, 0.15) is 5.75 Å². The zero-order valence-corrected chi connectivity index (χ0v) is 12.1. The maximum absolute atomic E-state index is 12.0. The van der Waals surface area contributed by atoms with Crippen LogP contribution in [-0.4, -0.2) is 11.0 Å². The number of carbonyl (C=O) groups excluding carboxylic acids is 1. The van der Waals surface area contributed by atoms with Crippen LogP contribution in [0, 0.1) is 6.92 Å². The molecule has 98 valence electrons. The van der Waals surface area contributed by atoms with E-state index in [1.165, 1.54) is 6.07 Å². The van der Waals surface area contributed by atoms with E-state index >= 15 is 0 Å². The van der Waals surface area contributed by atoms with E-state index in [1.54, 1.807) is 12.1 Å². The van der Waals surface area contributed by atoms with Gasteiger partial charge in [0.15, 0.2) is 0 Å². The molecule has 0 aliphatic heterocycles. The SMILES string of the molecule is Cc1ccccc1CNC(=O)c1cc(Br)ccc1O. The second-order valence-corrected chi connectivity index (χ2v) is 5.19. The van der Waals surface area contributed by atoms with Crippen molar-refractivity contribution in [3.63, 3.8) is 0 Å². The van der Waals surface area contributed by atoms with Gasteiger partial charge in [0.25, 0.3) is 5.91 Å². The first-order valence-electron chi connectivity index (χ1n) is 5.89. The fourth-order valence-corrected chi connectivity index (χ4v) is 2.13. The molecule has 0 radical (unpaired) electrons. The maximum Gasteiger partial charge on any atom is 0.255 e. The number of halogens is 1. The van der Waals surface area contributed by atoms with Crippen LogP contribution in [0.5, 0.6) is 5.75 Å². The molecule has 3 nitrogen and oxygen atoms in total. The van der Waals surface area contributed by atoms with Gasteiger partial charge >= 0.3 is 0 Å². The van der Waals surface area contributed by atoms with Crippen molar-refractivity contribution >= 4 is 21.8 Å². The molecule has 4 heteroatoms. The van der Waals surface area contributed by atoms with Gasteiger partial charge < -0.3 is 10.4 Å². The van der Waals surface area contributed by atoms with Crippen molar-refractivity contribution in [1.29, 1.82) is 0 Å². The summed E-state index contributed by atoms with van der Waals surface area (Å²) in [7, 11) is 0. The average Bonchev–Trinajstić information content (AvgIpc) is 2.40. The van der Waals surface area contributed by atoms with Crippen molar-refractivity contribution in [1.82, 2.24) is 5.32 Å². The molecule has 0 heterocycles. The Kier molecular flexibility index (Phi) is 4.22. The summed E-state index contributed by atoms with van der Waals surface area (Å²) in [5, 5.41) is 12.5. The van der Waals surface area contributed by atoms with Crippen LogP contribution in [0.4, 0.5) is 0 Å². The molecule has 0 aromatic heterocycles. The molecular weight excluding hydrogens is 306 g/mol. The minimum atomic E-state index is -0.290. The Labute approximate surface area is 120 Å². The molecule has 2 aromatic rings. The molecule has 0 aliphatic rings. The van der Waals surface area contributed by atoms with E-state index in [4.69, 9.17) is 0 Å². The number of aromatic hydroxyl groups is 1. The minimum Gasteiger partial charge on any atom is -0.507 e. The molecule has 0 saturated heterocycles. The standard InChI is InChI=1S/C15H14BrNO2/c1-10-4-2-3-5-11(10)9-17-15(19)13-8-12(16)6-7-14(13)18/h2-8,18H,9H2,1H3,(H,17,19). The Hall–Kier alpha value is -1.81. The molecule has 2 rings (SSSR count). The Morgan fingerprint density at radius 2 is 2.00 bits per heavy atom. The topological polar surface area (TPSA) is 49.3 Å². The summed E-state index contributed by atoms with van der Waals surface area (Å²) in [5.41, 5.74) is 2.45. The first-order chi connectivity index (χ1) is 9.08. The second-order valence-electron chi connectivity index (χ2n) is 4.27. The fraction of sp³-hybridized carbons (Fsp3) is 0.133. The van der Waals surface area contributed by atoms with Gasteiger partial charge in [0.2, 0.25) is 0 Å². The third-order valence-corrected chi connectivity index (χ3v) is 3.40. The van der Waals surface area contributed by atoms with Gasteiger partial charge in [-0.2, -0.15) is 0 Å². The van der Waals surface area contributed by atoms with Gasteiger partial charge in [-0.05, 0) is 36.2 Å². The van der Waals surface area contributed by atoms with Crippen LogP contribution in [0.15, 0.2) is 46.9 Å². The average molecular weight is 320 g/mol. The summed E-state index contributed by atoms with van der Waals surface area (Å²) in [6, 6.07) is 12.6. The van der Waals surface area contributed by atoms with Crippen LogP contribution >= 0.6 is 15.9 Å². The number of phenols is 1. The van der Waals surface area contributed by atoms with Crippen molar-refractivity contribution < 1.29 is 9.90 Å². The van der Waals surface area contributed by atoms with E-state index in [0.29, 0.717) is 6.54 Å². The van der Waals surface area contributed by atoms with Crippen molar-refractivity contribution in [3.05, 3.63) is 63.6 Å². The predicted molar refractivity (Wildman–Crippen MR) is 78.2 cm³/mol. The van der Waals surface area contributed by atoms with Gasteiger partial charge in [-0.25, -0.2) is 0 Å². The van der Waals surface area contributed by atoms with E-state index in [1.807, 2.05) is 31.2 Å². The number of nitrogens with one attached hydrogen (secondary N) is 1. The number of amides is 1. The predicted octanol–water partition coefficient (Wildman–Crippen LogP) is 3.39. The van der Waals surface area contributed by atoms with Crippen LogP contribution < -0.4 is 5.32 Å². The van der Waals surface area contributed by atoms with E-state index in [2.05, 4.69) is 21.2 Å². The van der Waals surface area contributed by atoms with Crippen molar-refractivity contribution in [2.24, 2.45) is 0 Å². The molecule has 2 N–H and O–H groups in total. The monoisotopic (exact) mass is 319 g/mol. The summed E-state index contributed by atoms with van der Waals surface area (Å²) < 4.78 is 0.756. The zero-order valence-electron chi connectivity index (χ0n) is 10.5. The largest absolute Gasteiger partial charge is 0.507 e. The smallest absolute Gasteiger partial charge is 0.255 e. The van der Waals surface area contributed by atoms with Crippen molar-refractivity contribution in [3.8, 4) is 5.75 Å².